The summed E-state index contributed by atoms with van der Waals surface area (Å²) in [6.07, 6.45) is 5.72. The molecule has 33 heavy (non-hydrogen) atoms. The fraction of sp³-hybridized carbons (Fsp3) is 0.480. The van der Waals surface area contributed by atoms with E-state index >= 15 is 0 Å². The minimum atomic E-state index is -0.298. The van der Waals surface area contributed by atoms with Gasteiger partial charge >= 0.3 is 0 Å². The number of benzene rings is 1. The molecule has 8 heteroatoms. The third-order valence-electron chi connectivity index (χ3n) is 8.12. The van der Waals surface area contributed by atoms with E-state index in [-0.39, 0.29) is 10.9 Å². The summed E-state index contributed by atoms with van der Waals surface area (Å²) in [5.41, 5.74) is 4.30. The van der Waals surface area contributed by atoms with Gasteiger partial charge in [-0.2, -0.15) is 4.52 Å². The molecule has 0 amide bonds. The monoisotopic (exact) mass is 444 g/mol. The van der Waals surface area contributed by atoms with E-state index in [0.29, 0.717) is 16.7 Å². The zero-order chi connectivity index (χ0) is 22.6. The maximum absolute atomic E-state index is 11.9. The van der Waals surface area contributed by atoms with Crippen LogP contribution in [0.15, 0.2) is 39.9 Å². The van der Waals surface area contributed by atoms with Crippen LogP contribution in [0.5, 0.6) is 0 Å². The van der Waals surface area contributed by atoms with E-state index in [4.69, 9.17) is 0 Å². The van der Waals surface area contributed by atoms with Crippen LogP contribution in [0, 0.1) is 12.3 Å². The van der Waals surface area contributed by atoms with Gasteiger partial charge in [-0.3, -0.25) is 9.59 Å². The number of pyridine rings is 1. The fourth-order valence-electron chi connectivity index (χ4n) is 5.84. The second kappa shape index (κ2) is 7.73. The zero-order valence-corrected chi connectivity index (χ0v) is 19.0. The summed E-state index contributed by atoms with van der Waals surface area (Å²) in [6.45, 7) is 6.93. The van der Waals surface area contributed by atoms with Gasteiger partial charge in [0.15, 0.2) is 5.65 Å². The van der Waals surface area contributed by atoms with E-state index in [2.05, 4.69) is 49.6 Å². The van der Waals surface area contributed by atoms with Gasteiger partial charge in [0.05, 0.1) is 11.2 Å². The van der Waals surface area contributed by atoms with Gasteiger partial charge in [0, 0.05) is 30.6 Å². The molecule has 4 heterocycles. The Hall–Kier alpha value is -3.13. The first-order valence-corrected chi connectivity index (χ1v) is 11.9. The maximum Gasteiger partial charge on any atom is 0.249 e. The van der Waals surface area contributed by atoms with Crippen LogP contribution in [0.25, 0.3) is 16.6 Å². The summed E-state index contributed by atoms with van der Waals surface area (Å²) in [6, 6.07) is 10.6. The van der Waals surface area contributed by atoms with Crippen molar-refractivity contribution in [3.63, 3.8) is 0 Å². The molecule has 0 radical (unpaired) electrons. The molecule has 2 fully saturated rings. The Bertz CT molecular complexity index is 1400. The number of tetrazole rings is 1. The minimum Gasteiger partial charge on any atom is -0.368 e. The van der Waals surface area contributed by atoms with Crippen LogP contribution < -0.4 is 15.8 Å². The second-order valence-electron chi connectivity index (χ2n) is 9.89. The SMILES string of the molecule is Cc1c(N2CCC3(CCN(CCc4ccc5c(ccc6nnnn65)c4)CC3)CC2)c(=O)c1=O. The summed E-state index contributed by atoms with van der Waals surface area (Å²) in [5, 5.41) is 13.0. The van der Waals surface area contributed by atoms with Gasteiger partial charge in [0.1, 0.15) is 0 Å². The molecule has 0 atom stereocenters. The van der Waals surface area contributed by atoms with Crippen molar-refractivity contribution in [2.75, 3.05) is 37.6 Å². The van der Waals surface area contributed by atoms with Gasteiger partial charge in [-0.05, 0) is 97.8 Å². The maximum atomic E-state index is 11.9. The number of hydrogen-bond acceptors (Lipinski definition) is 7. The first-order valence-electron chi connectivity index (χ1n) is 11.9. The average molecular weight is 445 g/mol. The summed E-state index contributed by atoms with van der Waals surface area (Å²) in [5.74, 6) is 0. The predicted molar refractivity (Wildman–Crippen MR) is 128 cm³/mol. The van der Waals surface area contributed by atoms with E-state index in [1.165, 1.54) is 18.4 Å². The number of fused-ring (bicyclic) bond motifs is 3. The molecular formula is C25H28N6O2. The fourth-order valence-corrected chi connectivity index (χ4v) is 5.84. The number of likely N-dealkylation sites (tertiary alicyclic amines) is 1. The molecule has 0 N–H and O–H groups in total. The number of piperidine rings is 2. The zero-order valence-electron chi connectivity index (χ0n) is 19.0. The molecule has 0 bridgehead atoms. The molecule has 2 saturated heterocycles. The Morgan fingerprint density at radius 3 is 2.45 bits per heavy atom. The summed E-state index contributed by atoms with van der Waals surface area (Å²) >= 11 is 0. The van der Waals surface area contributed by atoms with Crippen LogP contribution in [0.3, 0.4) is 0 Å². The first-order chi connectivity index (χ1) is 16.0. The van der Waals surface area contributed by atoms with E-state index in [0.717, 1.165) is 68.5 Å². The number of hydrogen-bond donors (Lipinski definition) is 0. The van der Waals surface area contributed by atoms with Crippen molar-refractivity contribution in [1.29, 1.82) is 0 Å². The van der Waals surface area contributed by atoms with Crippen LogP contribution in [-0.2, 0) is 6.42 Å². The molecule has 2 aromatic heterocycles. The lowest BCUT2D eigenvalue weighted by molar-refractivity contribution is 0.0805. The highest BCUT2D eigenvalue weighted by Crippen LogP contribution is 2.42. The predicted octanol–water partition coefficient (Wildman–Crippen LogP) is 2.11. The van der Waals surface area contributed by atoms with Gasteiger partial charge in [-0.1, -0.05) is 6.07 Å². The smallest absolute Gasteiger partial charge is 0.249 e. The molecule has 2 aliphatic heterocycles. The third kappa shape index (κ3) is 3.44. The number of nitrogens with zero attached hydrogens (tertiary/aromatic N) is 6. The number of rotatable bonds is 4. The minimum absolute atomic E-state index is 0.283. The summed E-state index contributed by atoms with van der Waals surface area (Å²) in [4.78, 5) is 28.2. The Kier molecular flexibility index (Phi) is 4.79. The van der Waals surface area contributed by atoms with Crippen molar-refractivity contribution in [3.05, 3.63) is 61.9 Å². The van der Waals surface area contributed by atoms with Crippen LogP contribution in [0.2, 0.25) is 0 Å². The normalized spacial score (nSPS) is 19.2. The van der Waals surface area contributed by atoms with Gasteiger partial charge in [0.25, 0.3) is 0 Å². The van der Waals surface area contributed by atoms with Crippen molar-refractivity contribution in [1.82, 2.24) is 24.9 Å². The number of aromatic nitrogens is 4. The molecule has 0 unspecified atom stereocenters. The number of anilines is 1. The largest absolute Gasteiger partial charge is 0.368 e. The van der Waals surface area contributed by atoms with E-state index in [1.54, 1.807) is 11.4 Å². The summed E-state index contributed by atoms with van der Waals surface area (Å²) < 4.78 is 1.78. The molecule has 0 aliphatic carbocycles. The highest BCUT2D eigenvalue weighted by Gasteiger charge is 2.38. The van der Waals surface area contributed by atoms with Crippen LogP contribution in [0.4, 0.5) is 5.69 Å². The van der Waals surface area contributed by atoms with Gasteiger partial charge in [-0.15, -0.1) is 5.10 Å². The molecule has 0 saturated carbocycles. The molecule has 2 aliphatic rings. The van der Waals surface area contributed by atoms with E-state index < -0.39 is 0 Å². The highest BCUT2D eigenvalue weighted by atomic mass is 16.2. The molecule has 1 spiro atoms. The molecular weight excluding hydrogens is 416 g/mol. The van der Waals surface area contributed by atoms with Gasteiger partial charge in [-0.25, -0.2) is 0 Å². The Morgan fingerprint density at radius 2 is 1.70 bits per heavy atom. The van der Waals surface area contributed by atoms with Crippen molar-refractivity contribution >= 4 is 22.2 Å². The molecule has 4 aromatic rings. The van der Waals surface area contributed by atoms with Gasteiger partial charge < -0.3 is 9.80 Å². The van der Waals surface area contributed by atoms with Crippen molar-refractivity contribution in [3.8, 4) is 0 Å². The molecule has 6 rings (SSSR count). The Morgan fingerprint density at radius 1 is 0.939 bits per heavy atom. The van der Waals surface area contributed by atoms with Crippen molar-refractivity contribution in [2.24, 2.45) is 5.41 Å². The van der Waals surface area contributed by atoms with E-state index in [9.17, 15) is 9.59 Å². The van der Waals surface area contributed by atoms with Gasteiger partial charge in [0.2, 0.25) is 10.9 Å². The standard InChI is InChI=1S/C25H28N6O2/c1-17-22(24(33)23(17)32)30-14-9-25(10-15-30)7-12-29(13-8-25)11-6-18-2-4-20-19(16-18)3-5-21-26-27-28-31(20)21/h2-5,16H,6-15H2,1H3. The lowest BCUT2D eigenvalue weighted by Crippen LogP contribution is -2.50. The van der Waals surface area contributed by atoms with Crippen LogP contribution in [-0.4, -0.2) is 57.7 Å². The highest BCUT2D eigenvalue weighted by molar-refractivity contribution is 5.82. The Balaban J connectivity index is 1.04. The van der Waals surface area contributed by atoms with Crippen LogP contribution >= 0.6 is 0 Å². The van der Waals surface area contributed by atoms with E-state index in [1.807, 2.05) is 6.07 Å². The summed E-state index contributed by atoms with van der Waals surface area (Å²) in [7, 11) is 0. The first kappa shape index (κ1) is 20.5. The van der Waals surface area contributed by atoms with Crippen molar-refractivity contribution in [2.45, 2.75) is 39.0 Å². The van der Waals surface area contributed by atoms with Crippen LogP contribution in [0.1, 0.15) is 36.8 Å². The van der Waals surface area contributed by atoms with Crippen molar-refractivity contribution < 1.29 is 0 Å². The second-order valence-corrected chi connectivity index (χ2v) is 9.89. The molecule has 8 nitrogen and oxygen atoms in total. The lowest BCUT2D eigenvalue weighted by Gasteiger charge is -2.47. The Labute approximate surface area is 191 Å². The quantitative estimate of drug-likeness (QED) is 0.446. The third-order valence-corrected chi connectivity index (χ3v) is 8.12. The molecule has 170 valence electrons. The molecule has 2 aromatic carbocycles. The lowest BCUT2D eigenvalue weighted by atomic mass is 9.71. The topological polar surface area (TPSA) is 83.7 Å². The average Bonchev–Trinajstić information content (AvgIpc) is 3.34.